The fraction of sp³-hybridized carbons (Fsp3) is 0.538. The van der Waals surface area contributed by atoms with Crippen LogP contribution in [0.25, 0.3) is 5.57 Å². The van der Waals surface area contributed by atoms with Crippen molar-refractivity contribution in [1.82, 2.24) is 4.57 Å². The third kappa shape index (κ3) is 2.91. The minimum absolute atomic E-state index is 0.0938. The molecule has 0 atom stereocenters. The quantitative estimate of drug-likeness (QED) is 0.767. The Balaban J connectivity index is 2.14. The SMILES string of the molecule is CCOC(=O)Cn1cc(C2=CCCCC2)oc1=O. The van der Waals surface area contributed by atoms with Gasteiger partial charge in [-0.3, -0.25) is 9.36 Å². The van der Waals surface area contributed by atoms with Gasteiger partial charge in [0.05, 0.1) is 12.8 Å². The summed E-state index contributed by atoms with van der Waals surface area (Å²) in [5, 5.41) is 0. The van der Waals surface area contributed by atoms with Crippen LogP contribution in [0.5, 0.6) is 0 Å². The fourth-order valence-electron chi connectivity index (χ4n) is 2.04. The summed E-state index contributed by atoms with van der Waals surface area (Å²) in [5.74, 6) is -0.363. The van der Waals surface area contributed by atoms with Crippen LogP contribution in [0, 0.1) is 0 Å². The lowest BCUT2D eigenvalue weighted by atomic mass is 9.98. The number of rotatable bonds is 4. The molecule has 1 aromatic rings. The molecule has 0 bridgehead atoms. The highest BCUT2D eigenvalue weighted by molar-refractivity contribution is 5.69. The first-order valence-corrected chi connectivity index (χ1v) is 6.26. The van der Waals surface area contributed by atoms with Gasteiger partial charge in [-0.15, -0.1) is 0 Å². The van der Waals surface area contributed by atoms with E-state index in [0.29, 0.717) is 12.4 Å². The summed E-state index contributed by atoms with van der Waals surface area (Å²) in [4.78, 5) is 22.9. The molecule has 0 fully saturated rings. The number of hydrogen-bond acceptors (Lipinski definition) is 4. The molecule has 0 aliphatic heterocycles. The number of carbonyl (C=O) groups excluding carboxylic acids is 1. The van der Waals surface area contributed by atoms with Crippen LogP contribution in [-0.4, -0.2) is 17.1 Å². The van der Waals surface area contributed by atoms with Crippen molar-refractivity contribution in [1.29, 1.82) is 0 Å². The van der Waals surface area contributed by atoms with Crippen LogP contribution in [-0.2, 0) is 16.1 Å². The molecular formula is C13H17NO4. The third-order valence-corrected chi connectivity index (χ3v) is 2.92. The van der Waals surface area contributed by atoms with Gasteiger partial charge in [0.2, 0.25) is 0 Å². The standard InChI is InChI=1S/C13H17NO4/c1-2-17-12(15)9-14-8-11(18-13(14)16)10-6-4-3-5-7-10/h6,8H,2-5,7,9H2,1H3. The van der Waals surface area contributed by atoms with Gasteiger partial charge in [-0.1, -0.05) is 6.08 Å². The van der Waals surface area contributed by atoms with E-state index < -0.39 is 11.7 Å². The summed E-state index contributed by atoms with van der Waals surface area (Å²) in [6.07, 6.45) is 7.91. The van der Waals surface area contributed by atoms with E-state index in [1.165, 1.54) is 11.0 Å². The van der Waals surface area contributed by atoms with Crippen molar-refractivity contribution >= 4 is 11.5 Å². The molecule has 1 aliphatic rings. The lowest BCUT2D eigenvalue weighted by molar-refractivity contribution is -0.143. The van der Waals surface area contributed by atoms with Crippen LogP contribution < -0.4 is 5.76 Å². The number of nitrogens with zero attached hydrogens (tertiary/aromatic N) is 1. The minimum Gasteiger partial charge on any atom is -0.465 e. The van der Waals surface area contributed by atoms with Crippen LogP contribution in [0.3, 0.4) is 0 Å². The highest BCUT2D eigenvalue weighted by Crippen LogP contribution is 2.25. The number of ether oxygens (including phenoxy) is 1. The second-order valence-electron chi connectivity index (χ2n) is 4.27. The lowest BCUT2D eigenvalue weighted by Crippen LogP contribution is -2.20. The number of oxazole rings is 1. The Morgan fingerprint density at radius 2 is 2.33 bits per heavy atom. The van der Waals surface area contributed by atoms with Crippen molar-refractivity contribution in [3.63, 3.8) is 0 Å². The predicted molar refractivity (Wildman–Crippen MR) is 66.0 cm³/mol. The highest BCUT2D eigenvalue weighted by atomic mass is 16.5. The Morgan fingerprint density at radius 3 is 3.00 bits per heavy atom. The molecule has 18 heavy (non-hydrogen) atoms. The Morgan fingerprint density at radius 1 is 1.50 bits per heavy atom. The number of esters is 1. The van der Waals surface area contributed by atoms with Gasteiger partial charge in [-0.25, -0.2) is 4.79 Å². The molecule has 5 nitrogen and oxygen atoms in total. The molecular weight excluding hydrogens is 234 g/mol. The van der Waals surface area contributed by atoms with E-state index in [0.717, 1.165) is 24.8 Å². The van der Waals surface area contributed by atoms with Gasteiger partial charge in [0, 0.05) is 0 Å². The first kappa shape index (κ1) is 12.7. The molecule has 0 radical (unpaired) electrons. The molecule has 5 heteroatoms. The molecule has 0 N–H and O–H groups in total. The van der Waals surface area contributed by atoms with Crippen LogP contribution >= 0.6 is 0 Å². The molecule has 1 aromatic heterocycles. The van der Waals surface area contributed by atoms with Crippen LogP contribution in [0.2, 0.25) is 0 Å². The first-order chi connectivity index (χ1) is 8.70. The summed E-state index contributed by atoms with van der Waals surface area (Å²) in [7, 11) is 0. The zero-order valence-corrected chi connectivity index (χ0v) is 10.5. The topological polar surface area (TPSA) is 61.4 Å². The molecule has 0 saturated heterocycles. The van der Waals surface area contributed by atoms with Crippen LogP contribution in [0.4, 0.5) is 0 Å². The highest BCUT2D eigenvalue weighted by Gasteiger charge is 2.14. The third-order valence-electron chi connectivity index (χ3n) is 2.92. The average molecular weight is 251 g/mol. The number of allylic oxidation sites excluding steroid dienone is 2. The molecule has 0 aromatic carbocycles. The van der Waals surface area contributed by atoms with Gasteiger partial charge in [-0.05, 0) is 38.2 Å². The molecule has 1 aliphatic carbocycles. The van der Waals surface area contributed by atoms with Crippen LogP contribution in [0.15, 0.2) is 21.5 Å². The van der Waals surface area contributed by atoms with Gasteiger partial charge in [-0.2, -0.15) is 0 Å². The first-order valence-electron chi connectivity index (χ1n) is 6.26. The molecule has 0 amide bonds. The van der Waals surface area contributed by atoms with E-state index in [-0.39, 0.29) is 6.54 Å². The smallest absolute Gasteiger partial charge is 0.420 e. The van der Waals surface area contributed by atoms with Gasteiger partial charge < -0.3 is 9.15 Å². The molecule has 0 spiro atoms. The molecule has 98 valence electrons. The molecule has 0 saturated carbocycles. The van der Waals surface area contributed by atoms with E-state index in [9.17, 15) is 9.59 Å². The van der Waals surface area contributed by atoms with Crippen molar-refractivity contribution in [2.45, 2.75) is 39.2 Å². The largest absolute Gasteiger partial charge is 0.465 e. The molecule has 0 unspecified atom stereocenters. The Kier molecular flexibility index (Phi) is 4.02. The van der Waals surface area contributed by atoms with Gasteiger partial charge in [0.15, 0.2) is 5.76 Å². The summed E-state index contributed by atoms with van der Waals surface area (Å²) < 4.78 is 11.2. The second kappa shape index (κ2) is 5.71. The van der Waals surface area contributed by atoms with Crippen LogP contribution in [0.1, 0.15) is 38.4 Å². The zero-order chi connectivity index (χ0) is 13.0. The van der Waals surface area contributed by atoms with E-state index >= 15 is 0 Å². The van der Waals surface area contributed by atoms with Gasteiger partial charge >= 0.3 is 11.7 Å². The monoisotopic (exact) mass is 251 g/mol. The zero-order valence-electron chi connectivity index (χ0n) is 10.5. The fourth-order valence-corrected chi connectivity index (χ4v) is 2.04. The predicted octanol–water partition coefficient (Wildman–Crippen LogP) is 1.96. The van der Waals surface area contributed by atoms with Gasteiger partial charge in [0.1, 0.15) is 6.54 Å². The van der Waals surface area contributed by atoms with Gasteiger partial charge in [0.25, 0.3) is 0 Å². The normalized spacial score (nSPS) is 15.3. The number of aromatic nitrogens is 1. The van der Waals surface area contributed by atoms with Crippen molar-refractivity contribution in [2.75, 3.05) is 6.61 Å². The van der Waals surface area contributed by atoms with E-state index in [2.05, 4.69) is 6.08 Å². The Hall–Kier alpha value is -1.78. The Bertz CT molecular complexity index is 509. The maximum atomic E-state index is 11.6. The average Bonchev–Trinajstić information content (AvgIpc) is 2.72. The maximum absolute atomic E-state index is 11.6. The minimum atomic E-state index is -0.510. The summed E-state index contributed by atoms with van der Waals surface area (Å²) in [5.41, 5.74) is 1.06. The number of hydrogen-bond donors (Lipinski definition) is 0. The van der Waals surface area contributed by atoms with E-state index in [1.807, 2.05) is 0 Å². The van der Waals surface area contributed by atoms with Crippen molar-refractivity contribution < 1.29 is 13.9 Å². The number of carbonyl (C=O) groups is 1. The lowest BCUT2D eigenvalue weighted by Gasteiger charge is -2.08. The van der Waals surface area contributed by atoms with E-state index in [1.54, 1.807) is 13.1 Å². The molecule has 1 heterocycles. The summed E-state index contributed by atoms with van der Waals surface area (Å²) >= 11 is 0. The van der Waals surface area contributed by atoms with Crippen molar-refractivity contribution in [3.8, 4) is 0 Å². The second-order valence-corrected chi connectivity index (χ2v) is 4.27. The molecule has 2 rings (SSSR count). The van der Waals surface area contributed by atoms with Crippen molar-refractivity contribution in [3.05, 3.63) is 28.6 Å². The maximum Gasteiger partial charge on any atom is 0.420 e. The summed E-state index contributed by atoms with van der Waals surface area (Å²) in [6, 6.07) is 0. The van der Waals surface area contributed by atoms with Crippen molar-refractivity contribution in [2.24, 2.45) is 0 Å². The Labute approximate surface area is 105 Å². The van der Waals surface area contributed by atoms with E-state index in [4.69, 9.17) is 9.15 Å². The summed E-state index contributed by atoms with van der Waals surface area (Å²) in [6.45, 7) is 1.95.